The van der Waals surface area contributed by atoms with Gasteiger partial charge in [-0.25, -0.2) is 4.39 Å². The molecule has 0 radical (unpaired) electrons. The molecule has 1 aromatic carbocycles. The first-order valence-corrected chi connectivity index (χ1v) is 5.64. The number of hydrogen-bond acceptors (Lipinski definition) is 2. The van der Waals surface area contributed by atoms with Gasteiger partial charge in [-0.1, -0.05) is 0 Å². The van der Waals surface area contributed by atoms with Crippen LogP contribution in [0.4, 0.5) is 4.39 Å². The highest BCUT2D eigenvalue weighted by molar-refractivity contribution is 9.10. The minimum absolute atomic E-state index is 0.265. The third kappa shape index (κ3) is 2.15. The molecule has 0 saturated heterocycles. The van der Waals surface area contributed by atoms with Crippen LogP contribution in [0.15, 0.2) is 28.9 Å². The highest BCUT2D eigenvalue weighted by atomic mass is 79.9. The number of aromatic nitrogens is 2. The van der Waals surface area contributed by atoms with Crippen molar-refractivity contribution in [3.05, 3.63) is 40.2 Å². The zero-order valence-corrected chi connectivity index (χ0v) is 10.3. The van der Waals surface area contributed by atoms with Gasteiger partial charge < -0.3 is 5.32 Å². The van der Waals surface area contributed by atoms with E-state index in [9.17, 15) is 4.39 Å². The number of aromatic amines is 1. The molecule has 2 rings (SSSR count). The van der Waals surface area contributed by atoms with Crippen LogP contribution in [0.2, 0.25) is 0 Å². The van der Waals surface area contributed by atoms with E-state index in [2.05, 4.69) is 31.4 Å². The fourth-order valence-electron chi connectivity index (χ4n) is 1.54. The van der Waals surface area contributed by atoms with Crippen LogP contribution in [0.5, 0.6) is 0 Å². The average Bonchev–Trinajstić information content (AvgIpc) is 2.71. The Morgan fingerprint density at radius 2 is 2.31 bits per heavy atom. The number of rotatable bonds is 3. The molecule has 1 aromatic heterocycles. The van der Waals surface area contributed by atoms with Gasteiger partial charge >= 0.3 is 0 Å². The Bertz CT molecular complexity index is 496. The van der Waals surface area contributed by atoms with Crippen molar-refractivity contribution in [1.29, 1.82) is 0 Å². The predicted octanol–water partition coefficient (Wildman–Crippen LogP) is 2.70. The van der Waals surface area contributed by atoms with E-state index in [1.165, 1.54) is 6.07 Å². The number of nitrogens with zero attached hydrogens (tertiary/aromatic N) is 1. The normalized spacial score (nSPS) is 10.7. The molecule has 0 saturated carbocycles. The second-order valence-electron chi connectivity index (χ2n) is 3.43. The van der Waals surface area contributed by atoms with Gasteiger partial charge in [-0.15, -0.1) is 0 Å². The van der Waals surface area contributed by atoms with Crippen LogP contribution in [0.25, 0.3) is 11.3 Å². The van der Waals surface area contributed by atoms with Gasteiger partial charge in [0.05, 0.1) is 16.4 Å². The van der Waals surface area contributed by atoms with E-state index >= 15 is 0 Å². The van der Waals surface area contributed by atoms with Crippen LogP contribution in [0.1, 0.15) is 5.56 Å². The van der Waals surface area contributed by atoms with Gasteiger partial charge in [0.2, 0.25) is 0 Å². The van der Waals surface area contributed by atoms with Crippen molar-refractivity contribution in [2.24, 2.45) is 0 Å². The summed E-state index contributed by atoms with van der Waals surface area (Å²) in [5, 5.41) is 9.98. The molecular weight excluding hydrogens is 273 g/mol. The monoisotopic (exact) mass is 283 g/mol. The maximum Gasteiger partial charge on any atom is 0.137 e. The highest BCUT2D eigenvalue weighted by Gasteiger charge is 2.08. The molecule has 84 valence electrons. The molecule has 0 aliphatic rings. The fraction of sp³-hybridized carbons (Fsp3) is 0.182. The van der Waals surface area contributed by atoms with Crippen LogP contribution >= 0.6 is 15.9 Å². The molecular formula is C11H11BrFN3. The number of benzene rings is 1. The molecule has 16 heavy (non-hydrogen) atoms. The summed E-state index contributed by atoms with van der Waals surface area (Å²) >= 11 is 3.17. The lowest BCUT2D eigenvalue weighted by Crippen LogP contribution is -2.05. The predicted molar refractivity (Wildman–Crippen MR) is 64.4 cm³/mol. The van der Waals surface area contributed by atoms with E-state index in [0.717, 1.165) is 23.4 Å². The number of nitrogens with one attached hydrogen (secondary N) is 2. The third-order valence-electron chi connectivity index (χ3n) is 2.29. The van der Waals surface area contributed by atoms with E-state index < -0.39 is 0 Å². The molecule has 2 aromatic rings. The first-order valence-electron chi connectivity index (χ1n) is 4.84. The van der Waals surface area contributed by atoms with Crippen molar-refractivity contribution in [3.8, 4) is 11.3 Å². The van der Waals surface area contributed by atoms with E-state index in [-0.39, 0.29) is 5.82 Å². The van der Waals surface area contributed by atoms with Crippen LogP contribution < -0.4 is 5.32 Å². The zero-order valence-electron chi connectivity index (χ0n) is 8.72. The maximum absolute atomic E-state index is 13.1. The largest absolute Gasteiger partial charge is 0.316 e. The average molecular weight is 284 g/mol. The lowest BCUT2D eigenvalue weighted by Gasteiger charge is -2.03. The number of H-pyrrole nitrogens is 1. The van der Waals surface area contributed by atoms with Crippen LogP contribution in [0, 0.1) is 5.82 Å². The first kappa shape index (κ1) is 11.3. The Kier molecular flexibility index (Phi) is 3.36. The summed E-state index contributed by atoms with van der Waals surface area (Å²) in [7, 11) is 1.87. The van der Waals surface area contributed by atoms with Gasteiger partial charge in [-0.2, -0.15) is 5.10 Å². The molecule has 1 heterocycles. The van der Waals surface area contributed by atoms with E-state index in [1.807, 2.05) is 7.05 Å². The standard InChI is InChI=1S/C11H11BrFN3/c1-14-5-8-6-15-16-11(8)7-2-3-10(13)9(12)4-7/h2-4,6,14H,5H2,1H3,(H,15,16). The van der Waals surface area contributed by atoms with Crippen molar-refractivity contribution in [2.75, 3.05) is 7.05 Å². The third-order valence-corrected chi connectivity index (χ3v) is 2.90. The Hall–Kier alpha value is -1.20. The Morgan fingerprint density at radius 3 is 3.00 bits per heavy atom. The summed E-state index contributed by atoms with van der Waals surface area (Å²) < 4.78 is 13.6. The number of halogens is 2. The Morgan fingerprint density at radius 1 is 1.50 bits per heavy atom. The molecule has 0 spiro atoms. The first-order chi connectivity index (χ1) is 7.72. The van der Waals surface area contributed by atoms with Crippen LogP contribution in [0.3, 0.4) is 0 Å². The minimum atomic E-state index is -0.265. The molecule has 0 atom stereocenters. The van der Waals surface area contributed by atoms with Crippen molar-refractivity contribution in [3.63, 3.8) is 0 Å². The lowest BCUT2D eigenvalue weighted by atomic mass is 10.1. The van der Waals surface area contributed by atoms with Crippen LogP contribution in [-0.4, -0.2) is 17.2 Å². The topological polar surface area (TPSA) is 40.7 Å². The maximum atomic E-state index is 13.1. The zero-order chi connectivity index (χ0) is 11.5. The molecule has 3 nitrogen and oxygen atoms in total. The molecule has 0 fully saturated rings. The van der Waals surface area contributed by atoms with Gasteiger partial charge in [0.15, 0.2) is 0 Å². The summed E-state index contributed by atoms with van der Waals surface area (Å²) in [5.41, 5.74) is 2.88. The summed E-state index contributed by atoms with van der Waals surface area (Å²) in [4.78, 5) is 0. The molecule has 0 unspecified atom stereocenters. The molecule has 2 N–H and O–H groups in total. The van der Waals surface area contributed by atoms with Gasteiger partial charge in [-0.05, 0) is 41.2 Å². The van der Waals surface area contributed by atoms with E-state index in [4.69, 9.17) is 0 Å². The second-order valence-corrected chi connectivity index (χ2v) is 4.28. The van der Waals surface area contributed by atoms with E-state index in [1.54, 1.807) is 18.3 Å². The van der Waals surface area contributed by atoms with Gasteiger partial charge in [0.25, 0.3) is 0 Å². The van der Waals surface area contributed by atoms with Gasteiger partial charge in [0.1, 0.15) is 5.82 Å². The van der Waals surface area contributed by atoms with Gasteiger partial charge in [-0.3, -0.25) is 5.10 Å². The summed E-state index contributed by atoms with van der Waals surface area (Å²) in [6.45, 7) is 0.723. The van der Waals surface area contributed by atoms with Crippen molar-refractivity contribution in [1.82, 2.24) is 15.5 Å². The lowest BCUT2D eigenvalue weighted by molar-refractivity contribution is 0.621. The summed E-state index contributed by atoms with van der Waals surface area (Å²) in [5.74, 6) is -0.265. The fourth-order valence-corrected chi connectivity index (χ4v) is 1.92. The molecule has 5 heteroatoms. The molecule has 0 aliphatic carbocycles. The van der Waals surface area contributed by atoms with E-state index in [0.29, 0.717) is 4.47 Å². The minimum Gasteiger partial charge on any atom is -0.316 e. The summed E-state index contributed by atoms with van der Waals surface area (Å²) in [6, 6.07) is 4.90. The van der Waals surface area contributed by atoms with Gasteiger partial charge in [0, 0.05) is 17.7 Å². The number of hydrogen-bond donors (Lipinski definition) is 2. The molecule has 0 aliphatic heterocycles. The SMILES string of the molecule is CNCc1cn[nH]c1-c1ccc(F)c(Br)c1. The quantitative estimate of drug-likeness (QED) is 0.909. The summed E-state index contributed by atoms with van der Waals surface area (Å²) in [6.07, 6.45) is 1.77. The van der Waals surface area contributed by atoms with Crippen molar-refractivity contribution in [2.45, 2.75) is 6.54 Å². The Labute approximate surface area is 101 Å². The smallest absolute Gasteiger partial charge is 0.137 e. The Balaban J connectivity index is 2.42. The molecule has 0 bridgehead atoms. The van der Waals surface area contributed by atoms with Crippen molar-refractivity contribution < 1.29 is 4.39 Å². The second kappa shape index (κ2) is 4.76. The van der Waals surface area contributed by atoms with Crippen LogP contribution in [-0.2, 0) is 6.54 Å². The molecule has 0 amide bonds. The highest BCUT2D eigenvalue weighted by Crippen LogP contribution is 2.25. The van der Waals surface area contributed by atoms with Crippen molar-refractivity contribution >= 4 is 15.9 Å².